The maximum atomic E-state index is 10.7. The Hall–Kier alpha value is -1.52. The number of benzene rings is 1. The molecule has 2 aliphatic heterocycles. The van der Waals surface area contributed by atoms with Crippen LogP contribution in [-0.4, -0.2) is 48.9 Å². The molecule has 1 aromatic carbocycles. The van der Waals surface area contributed by atoms with Crippen LogP contribution >= 0.6 is 0 Å². The molecule has 2 bridgehead atoms. The van der Waals surface area contributed by atoms with Crippen LogP contribution in [0.25, 0.3) is 0 Å². The van der Waals surface area contributed by atoms with Gasteiger partial charge >= 0.3 is 0 Å². The van der Waals surface area contributed by atoms with Crippen LogP contribution in [0.3, 0.4) is 0 Å². The number of aliphatic hydroxyl groups is 1. The molecule has 5 atom stereocenters. The molecule has 1 spiro atoms. The fourth-order valence-electron chi connectivity index (χ4n) is 4.48. The van der Waals surface area contributed by atoms with Gasteiger partial charge in [-0.25, -0.2) is 0 Å². The number of nitrogens with zero attached hydrogens (tertiary/aromatic N) is 1. The summed E-state index contributed by atoms with van der Waals surface area (Å²) >= 11 is 0. The van der Waals surface area contributed by atoms with Crippen molar-refractivity contribution in [2.45, 2.75) is 36.4 Å². The topological polar surface area (TPSA) is 41.9 Å². The number of likely N-dealkylation sites (tertiary alicyclic amines) is 1. The molecule has 4 heteroatoms. The van der Waals surface area contributed by atoms with Crippen molar-refractivity contribution in [2.75, 3.05) is 20.7 Å². The van der Waals surface area contributed by atoms with Crippen LogP contribution in [0.15, 0.2) is 24.3 Å². The second-order valence-corrected chi connectivity index (χ2v) is 6.43. The summed E-state index contributed by atoms with van der Waals surface area (Å²) in [6, 6.07) is 2.55. The van der Waals surface area contributed by atoms with Gasteiger partial charge in [-0.1, -0.05) is 18.2 Å². The van der Waals surface area contributed by atoms with Crippen molar-refractivity contribution in [3.63, 3.8) is 0 Å². The Morgan fingerprint density at radius 1 is 1.50 bits per heavy atom. The van der Waals surface area contributed by atoms with Crippen LogP contribution in [0.4, 0.5) is 0 Å². The maximum Gasteiger partial charge on any atom is 0.165 e. The molecule has 0 saturated carbocycles. The van der Waals surface area contributed by atoms with E-state index in [0.717, 1.165) is 0 Å². The van der Waals surface area contributed by atoms with Gasteiger partial charge in [0, 0.05) is 27.0 Å². The Kier molecular flexibility index (Phi) is 1.77. The number of hydrogen-bond donors (Lipinski definition) is 1. The van der Waals surface area contributed by atoms with Gasteiger partial charge in [0.1, 0.15) is 12.2 Å². The molecule has 1 saturated heterocycles. The second kappa shape index (κ2) is 4.06. The summed E-state index contributed by atoms with van der Waals surface area (Å²) in [5.74, 6) is -0.733. The minimum atomic E-state index is -1.81. The average Bonchev–Trinajstić information content (AvgIpc) is 2.86. The molecule has 4 aliphatic rings. The third-order valence-corrected chi connectivity index (χ3v) is 5.49. The van der Waals surface area contributed by atoms with E-state index in [1.54, 1.807) is 18.2 Å². The monoisotopic (exact) mass is 303 g/mol. The van der Waals surface area contributed by atoms with Crippen LogP contribution in [0.1, 0.15) is 23.0 Å². The van der Waals surface area contributed by atoms with E-state index in [1.165, 1.54) is 13.2 Å². The summed E-state index contributed by atoms with van der Waals surface area (Å²) in [5, 5.41) is 10.7. The number of rotatable bonds is 1. The van der Waals surface area contributed by atoms with Gasteiger partial charge in [-0.2, -0.15) is 0 Å². The number of hydrogen-bond acceptors (Lipinski definition) is 4. The molecule has 5 rings (SSSR count). The Morgan fingerprint density at radius 3 is 3.18 bits per heavy atom. The first-order valence-corrected chi connectivity index (χ1v) is 7.64. The standard InChI is InChI=1S/C18H21NO3/c1-19-8-7-18-11-4-5-13(20)17(18)22-16-14(21-2)6-3-10(15(16)18)9-12(11)19/h3-6,11-13,17,20H,7-9H2,1-2H3/t11-,12+,13?,17?,18-/m0/s1/i9D2,11D,17D. The van der Waals surface area contributed by atoms with Crippen LogP contribution in [0.2, 0.25) is 0 Å². The largest absolute Gasteiger partial charge is 0.493 e. The molecule has 1 N–H and O–H groups in total. The average molecular weight is 303 g/mol. The van der Waals surface area contributed by atoms with Crippen molar-refractivity contribution < 1.29 is 20.1 Å². The predicted molar refractivity (Wildman–Crippen MR) is 82.5 cm³/mol. The summed E-state index contributed by atoms with van der Waals surface area (Å²) in [4.78, 5) is 1.87. The normalized spacial score (nSPS) is 52.7. The number of aliphatic hydroxyl groups excluding tert-OH is 1. The lowest BCUT2D eigenvalue weighted by molar-refractivity contribution is -0.0453. The zero-order valence-electron chi connectivity index (χ0n) is 16.6. The van der Waals surface area contributed by atoms with Gasteiger partial charge in [-0.15, -0.1) is 0 Å². The Labute approximate surface area is 135 Å². The van der Waals surface area contributed by atoms with Crippen molar-refractivity contribution in [2.24, 2.45) is 5.89 Å². The zero-order chi connectivity index (χ0) is 18.7. The fourth-order valence-corrected chi connectivity index (χ4v) is 4.48. The summed E-state index contributed by atoms with van der Waals surface area (Å²) in [6.07, 6.45) is -1.37. The van der Waals surface area contributed by atoms with Crippen molar-refractivity contribution in [1.29, 1.82) is 0 Å². The third kappa shape index (κ3) is 1.28. The van der Waals surface area contributed by atoms with Crippen LogP contribution < -0.4 is 9.47 Å². The molecule has 0 amide bonds. The first-order chi connectivity index (χ1) is 12.1. The van der Waals surface area contributed by atoms with Gasteiger partial charge < -0.3 is 19.5 Å². The molecule has 2 unspecified atom stereocenters. The van der Waals surface area contributed by atoms with E-state index in [2.05, 4.69) is 0 Å². The highest BCUT2D eigenvalue weighted by atomic mass is 16.5. The Morgan fingerprint density at radius 2 is 2.36 bits per heavy atom. The number of ether oxygens (including phenoxy) is 2. The summed E-state index contributed by atoms with van der Waals surface area (Å²) in [7, 11) is 3.32. The van der Waals surface area contributed by atoms with Gasteiger partial charge in [0.05, 0.1) is 8.48 Å². The lowest BCUT2D eigenvalue weighted by atomic mass is 9.53. The van der Waals surface area contributed by atoms with E-state index >= 15 is 0 Å². The van der Waals surface area contributed by atoms with Crippen LogP contribution in [0, 0.1) is 5.89 Å². The molecule has 4 nitrogen and oxygen atoms in total. The lowest BCUT2D eigenvalue weighted by Gasteiger charge is -2.56. The minimum absolute atomic E-state index is 0.297. The Bertz CT molecular complexity index is 861. The second-order valence-electron chi connectivity index (χ2n) is 6.43. The predicted octanol–water partition coefficient (Wildman–Crippen LogP) is 1.50. The first kappa shape index (κ1) is 9.58. The third-order valence-electron chi connectivity index (χ3n) is 5.49. The highest BCUT2D eigenvalue weighted by molar-refractivity contribution is 5.62. The van der Waals surface area contributed by atoms with E-state index in [1.807, 2.05) is 11.9 Å². The summed E-state index contributed by atoms with van der Waals surface area (Å²) in [6.45, 7) is 0.519. The molecule has 0 radical (unpaired) electrons. The lowest BCUT2D eigenvalue weighted by Crippen LogP contribution is -2.64. The van der Waals surface area contributed by atoms with Crippen LogP contribution in [-0.2, 0) is 11.8 Å². The summed E-state index contributed by atoms with van der Waals surface area (Å²) in [5.41, 5.74) is -0.195. The van der Waals surface area contributed by atoms with Gasteiger partial charge in [-0.05, 0) is 38.0 Å². The van der Waals surface area contributed by atoms with E-state index in [4.69, 9.17) is 13.6 Å². The molecule has 1 aromatic rings. The van der Waals surface area contributed by atoms with Crippen LogP contribution in [0.5, 0.6) is 11.5 Å². The molecule has 116 valence electrons. The number of likely N-dealkylation sites (N-methyl/N-ethyl adjacent to an activating group) is 1. The van der Waals surface area contributed by atoms with Gasteiger partial charge in [-0.3, -0.25) is 0 Å². The molecule has 1 fully saturated rings. The van der Waals surface area contributed by atoms with Gasteiger partial charge in [0.2, 0.25) is 0 Å². The van der Waals surface area contributed by atoms with E-state index < -0.39 is 35.9 Å². The molecule has 22 heavy (non-hydrogen) atoms. The van der Waals surface area contributed by atoms with E-state index in [9.17, 15) is 6.48 Å². The smallest absolute Gasteiger partial charge is 0.165 e. The van der Waals surface area contributed by atoms with Crippen molar-refractivity contribution >= 4 is 0 Å². The molecule has 2 aliphatic carbocycles. The molecular weight excluding hydrogens is 278 g/mol. The Balaban J connectivity index is 1.97. The van der Waals surface area contributed by atoms with E-state index in [0.29, 0.717) is 35.6 Å². The molecular formula is C18H21NO3. The zero-order valence-corrected chi connectivity index (χ0v) is 12.6. The van der Waals surface area contributed by atoms with Crippen molar-refractivity contribution in [3.8, 4) is 11.5 Å². The number of piperidine rings is 1. The van der Waals surface area contributed by atoms with E-state index in [-0.39, 0.29) is 0 Å². The highest BCUT2D eigenvalue weighted by Crippen LogP contribution is 2.62. The summed E-state index contributed by atoms with van der Waals surface area (Å²) < 4.78 is 47.7. The first-order valence-electron chi connectivity index (χ1n) is 9.64. The number of methoxy groups -OCH3 is 1. The van der Waals surface area contributed by atoms with Gasteiger partial charge in [0.25, 0.3) is 0 Å². The van der Waals surface area contributed by atoms with Crippen molar-refractivity contribution in [3.05, 3.63) is 35.4 Å². The minimum Gasteiger partial charge on any atom is -0.493 e. The highest BCUT2D eigenvalue weighted by Gasteiger charge is 2.64. The fraction of sp³-hybridized carbons (Fsp3) is 0.556. The SMILES string of the molecule is [2H]C1([2H])c2ccc(OC)c3c2[C@]24CCN(C)[C@H]1[C@]2([2H])C=CC(O)C4([2H])O3. The maximum absolute atomic E-state index is 10.7. The van der Waals surface area contributed by atoms with Gasteiger partial charge in [0.15, 0.2) is 11.5 Å². The molecule has 0 aromatic heterocycles. The quantitative estimate of drug-likeness (QED) is 0.799. The molecule has 2 heterocycles. The van der Waals surface area contributed by atoms with Crippen molar-refractivity contribution in [1.82, 2.24) is 4.90 Å².